The number of carbonyl (C=O) groups excluding carboxylic acids is 2. The van der Waals surface area contributed by atoms with E-state index in [9.17, 15) is 9.59 Å². The van der Waals surface area contributed by atoms with Crippen molar-refractivity contribution in [2.75, 3.05) is 12.3 Å². The van der Waals surface area contributed by atoms with E-state index in [-0.39, 0.29) is 11.8 Å². The van der Waals surface area contributed by atoms with Crippen LogP contribution in [0.25, 0.3) is 0 Å². The zero-order valence-corrected chi connectivity index (χ0v) is 7.00. The number of aliphatic hydroxyl groups is 1. The highest BCUT2D eigenvalue weighted by Gasteiger charge is 2.30. The molecule has 1 saturated heterocycles. The lowest BCUT2D eigenvalue weighted by atomic mass is 10.4. The van der Waals surface area contributed by atoms with Crippen molar-refractivity contribution in [2.24, 2.45) is 0 Å². The summed E-state index contributed by atoms with van der Waals surface area (Å²) in [6.07, 6.45) is 3.94. The van der Waals surface area contributed by atoms with E-state index >= 15 is 0 Å². The Balaban J connectivity index is 2.57. The van der Waals surface area contributed by atoms with Crippen LogP contribution in [0.1, 0.15) is 0 Å². The Bertz CT molecular complexity index is 258. The van der Waals surface area contributed by atoms with Crippen LogP contribution < -0.4 is 0 Å². The van der Waals surface area contributed by atoms with Gasteiger partial charge in [-0.15, -0.1) is 6.42 Å². The maximum atomic E-state index is 10.9. The van der Waals surface area contributed by atoms with Crippen molar-refractivity contribution in [3.63, 3.8) is 0 Å². The Labute approximate surface area is 73.9 Å². The average Bonchev–Trinajstić information content (AvgIpc) is 2.35. The molecule has 1 unspecified atom stereocenters. The smallest absolute Gasteiger partial charge is 0.284 e. The first kappa shape index (κ1) is 9.10. The van der Waals surface area contributed by atoms with Gasteiger partial charge in [0.05, 0.1) is 6.54 Å². The van der Waals surface area contributed by atoms with Gasteiger partial charge in [0.1, 0.15) is 6.23 Å². The molecule has 0 aromatic rings. The number of Topliss-reactive ketones (excluding diaryl/α,β-unsaturated/α-hetero) is 1. The Morgan fingerprint density at radius 2 is 2.58 bits per heavy atom. The standard InChI is InChI=1S/C7H7NO3S/c1-2-5(9)3-8-6(10)4-12-7(8)11/h1,6,10H,3-4H2. The molecule has 1 amide bonds. The summed E-state index contributed by atoms with van der Waals surface area (Å²) >= 11 is 0.982. The maximum Gasteiger partial charge on any atom is 0.284 e. The number of rotatable bonds is 2. The zero-order valence-electron chi connectivity index (χ0n) is 6.19. The molecule has 0 aromatic carbocycles. The van der Waals surface area contributed by atoms with Gasteiger partial charge in [-0.2, -0.15) is 0 Å². The molecule has 0 saturated carbocycles. The second-order valence-corrected chi connectivity index (χ2v) is 3.22. The summed E-state index contributed by atoms with van der Waals surface area (Å²) < 4.78 is 0. The van der Waals surface area contributed by atoms with Gasteiger partial charge < -0.3 is 5.11 Å². The molecule has 4 nitrogen and oxygen atoms in total. The minimum absolute atomic E-state index is 0.191. The number of carbonyl (C=O) groups is 2. The predicted octanol–water partition coefficient (Wildman–Crippen LogP) is -0.324. The Kier molecular flexibility index (Phi) is 2.74. The van der Waals surface area contributed by atoms with Gasteiger partial charge in [0.15, 0.2) is 0 Å². The SMILES string of the molecule is C#CC(=O)CN1C(=O)SCC1O. The Morgan fingerprint density at radius 1 is 1.92 bits per heavy atom. The van der Waals surface area contributed by atoms with Crippen LogP contribution in [0.15, 0.2) is 0 Å². The zero-order chi connectivity index (χ0) is 9.14. The van der Waals surface area contributed by atoms with Crippen molar-refractivity contribution >= 4 is 22.8 Å². The molecule has 1 fully saturated rings. The first-order chi connectivity index (χ1) is 5.65. The molecule has 64 valence electrons. The second-order valence-electron chi connectivity index (χ2n) is 2.25. The third-order valence-electron chi connectivity index (χ3n) is 1.43. The minimum atomic E-state index is -0.875. The number of aliphatic hydroxyl groups excluding tert-OH is 1. The van der Waals surface area contributed by atoms with Crippen LogP contribution in [0.2, 0.25) is 0 Å². The fraction of sp³-hybridized carbons (Fsp3) is 0.429. The van der Waals surface area contributed by atoms with Gasteiger partial charge in [-0.1, -0.05) is 11.8 Å². The van der Waals surface area contributed by atoms with Crippen LogP contribution >= 0.6 is 11.8 Å². The summed E-state index contributed by atoms with van der Waals surface area (Å²) in [7, 11) is 0. The Hall–Kier alpha value is -0.990. The molecule has 5 heteroatoms. The Morgan fingerprint density at radius 3 is 3.00 bits per heavy atom. The molecule has 0 radical (unpaired) electrons. The minimum Gasteiger partial charge on any atom is -0.373 e. The highest BCUT2D eigenvalue weighted by Crippen LogP contribution is 2.21. The van der Waals surface area contributed by atoms with Crippen molar-refractivity contribution in [1.29, 1.82) is 0 Å². The van der Waals surface area contributed by atoms with Crippen molar-refractivity contribution in [2.45, 2.75) is 6.23 Å². The maximum absolute atomic E-state index is 10.9. The monoisotopic (exact) mass is 185 g/mol. The van der Waals surface area contributed by atoms with Gasteiger partial charge >= 0.3 is 0 Å². The molecule has 1 aliphatic rings. The van der Waals surface area contributed by atoms with Crippen LogP contribution in [0, 0.1) is 12.3 Å². The summed E-state index contributed by atoms with van der Waals surface area (Å²) in [6, 6.07) is 0. The lowest BCUT2D eigenvalue weighted by Crippen LogP contribution is -2.36. The topological polar surface area (TPSA) is 57.6 Å². The third kappa shape index (κ3) is 1.78. The summed E-state index contributed by atoms with van der Waals surface area (Å²) in [4.78, 5) is 22.7. The third-order valence-corrected chi connectivity index (χ3v) is 2.37. The first-order valence-corrected chi connectivity index (χ1v) is 4.24. The molecule has 0 aromatic heterocycles. The van der Waals surface area contributed by atoms with E-state index in [1.54, 1.807) is 0 Å². The number of hydrogen-bond acceptors (Lipinski definition) is 4. The van der Waals surface area contributed by atoms with Crippen LogP contribution in [-0.4, -0.2) is 39.6 Å². The highest BCUT2D eigenvalue weighted by molar-refractivity contribution is 8.13. The summed E-state index contributed by atoms with van der Waals surface area (Å²) in [5.74, 6) is 1.69. The molecule has 1 rings (SSSR count). The van der Waals surface area contributed by atoms with Crippen LogP contribution in [0.5, 0.6) is 0 Å². The quantitative estimate of drug-likeness (QED) is 0.473. The number of thioether (sulfide) groups is 1. The number of ketones is 1. The van der Waals surface area contributed by atoms with E-state index in [0.717, 1.165) is 16.7 Å². The summed E-state index contributed by atoms with van der Waals surface area (Å²) in [6.45, 7) is -0.191. The summed E-state index contributed by atoms with van der Waals surface area (Å²) in [5.41, 5.74) is 0. The largest absolute Gasteiger partial charge is 0.373 e. The van der Waals surface area contributed by atoms with Crippen molar-refractivity contribution in [3.05, 3.63) is 0 Å². The number of nitrogens with zero attached hydrogens (tertiary/aromatic N) is 1. The molecule has 0 bridgehead atoms. The van der Waals surface area contributed by atoms with E-state index in [4.69, 9.17) is 11.5 Å². The lowest BCUT2D eigenvalue weighted by molar-refractivity contribution is -0.115. The van der Waals surface area contributed by atoms with Gasteiger partial charge in [0.25, 0.3) is 5.24 Å². The van der Waals surface area contributed by atoms with E-state index in [0.29, 0.717) is 5.75 Å². The second kappa shape index (κ2) is 3.61. The summed E-state index contributed by atoms with van der Waals surface area (Å²) in [5, 5.41) is 8.87. The number of hydrogen-bond donors (Lipinski definition) is 1. The normalized spacial score (nSPS) is 22.5. The van der Waals surface area contributed by atoms with Crippen molar-refractivity contribution < 1.29 is 14.7 Å². The van der Waals surface area contributed by atoms with Crippen LogP contribution in [0.4, 0.5) is 4.79 Å². The molecular formula is C7H7NO3S. The van der Waals surface area contributed by atoms with Crippen molar-refractivity contribution in [1.82, 2.24) is 4.90 Å². The number of amides is 1. The first-order valence-electron chi connectivity index (χ1n) is 3.26. The van der Waals surface area contributed by atoms with E-state index in [2.05, 4.69) is 0 Å². The van der Waals surface area contributed by atoms with E-state index < -0.39 is 12.0 Å². The van der Waals surface area contributed by atoms with Gasteiger partial charge in [-0.25, -0.2) is 0 Å². The molecule has 12 heavy (non-hydrogen) atoms. The predicted molar refractivity (Wildman–Crippen MR) is 44.4 cm³/mol. The number of terminal acetylenes is 1. The van der Waals surface area contributed by atoms with Gasteiger partial charge in [-0.05, 0) is 5.92 Å². The highest BCUT2D eigenvalue weighted by atomic mass is 32.2. The van der Waals surface area contributed by atoms with Gasteiger partial charge in [-0.3, -0.25) is 14.5 Å². The molecule has 0 spiro atoms. The molecular weight excluding hydrogens is 178 g/mol. The fourth-order valence-corrected chi connectivity index (χ4v) is 1.63. The van der Waals surface area contributed by atoms with E-state index in [1.807, 2.05) is 5.92 Å². The lowest BCUT2D eigenvalue weighted by Gasteiger charge is -2.16. The van der Waals surface area contributed by atoms with Gasteiger partial charge in [0, 0.05) is 5.75 Å². The van der Waals surface area contributed by atoms with Crippen LogP contribution in [0.3, 0.4) is 0 Å². The molecule has 1 N–H and O–H groups in total. The average molecular weight is 185 g/mol. The van der Waals surface area contributed by atoms with Gasteiger partial charge in [0.2, 0.25) is 5.78 Å². The van der Waals surface area contributed by atoms with Crippen molar-refractivity contribution in [3.8, 4) is 12.3 Å². The van der Waals surface area contributed by atoms with E-state index in [1.165, 1.54) is 0 Å². The molecule has 1 aliphatic heterocycles. The molecule has 1 heterocycles. The molecule has 0 aliphatic carbocycles. The fourth-order valence-electron chi connectivity index (χ4n) is 0.811. The molecule has 1 atom stereocenters. The van der Waals surface area contributed by atoms with Crippen LogP contribution in [-0.2, 0) is 4.79 Å².